The molecule has 1 aromatic heterocycles. The van der Waals surface area contributed by atoms with Gasteiger partial charge in [-0.3, -0.25) is 14.3 Å². The summed E-state index contributed by atoms with van der Waals surface area (Å²) in [7, 11) is 3.18. The first-order valence-corrected chi connectivity index (χ1v) is 14.6. The lowest BCUT2D eigenvalue weighted by Crippen LogP contribution is -2.51. The van der Waals surface area contributed by atoms with Crippen LogP contribution in [0.3, 0.4) is 0 Å². The molecule has 3 aromatic carbocycles. The van der Waals surface area contributed by atoms with Crippen molar-refractivity contribution in [1.29, 1.82) is 0 Å². The number of rotatable bonds is 9. The molecule has 4 aromatic rings. The lowest BCUT2D eigenvalue weighted by atomic mass is 9.62. The molecule has 1 aliphatic heterocycles. The average Bonchev–Trinajstić information content (AvgIpc) is 3.49. The number of methoxy groups -OCH3 is 2. The van der Waals surface area contributed by atoms with E-state index in [-0.39, 0.29) is 5.56 Å². The van der Waals surface area contributed by atoms with E-state index in [1.165, 1.54) is 10.8 Å². The number of aliphatic hydroxyl groups is 1. The van der Waals surface area contributed by atoms with Crippen molar-refractivity contribution in [2.75, 3.05) is 14.2 Å². The number of para-hydroxylation sites is 2. The fourth-order valence-corrected chi connectivity index (χ4v) is 6.54. The van der Waals surface area contributed by atoms with Crippen molar-refractivity contribution in [3.05, 3.63) is 128 Å². The van der Waals surface area contributed by atoms with Crippen LogP contribution in [0.15, 0.2) is 94.6 Å². The minimum atomic E-state index is -1.28. The first-order chi connectivity index (χ1) is 21.3. The van der Waals surface area contributed by atoms with Crippen molar-refractivity contribution >= 4 is 17.1 Å². The van der Waals surface area contributed by atoms with Crippen LogP contribution in [0.25, 0.3) is 0 Å². The molecule has 44 heavy (non-hydrogen) atoms. The number of ether oxygens (including phenoxy) is 3. The molecule has 1 aliphatic rings. The van der Waals surface area contributed by atoms with Crippen LogP contribution < -0.4 is 20.7 Å². The molecule has 0 amide bonds. The maximum Gasteiger partial charge on any atom is 0.330 e. The summed E-state index contributed by atoms with van der Waals surface area (Å²) in [6.07, 6.45) is -1.28. The van der Waals surface area contributed by atoms with Gasteiger partial charge in [0.15, 0.2) is 0 Å². The molecule has 2 unspecified atom stereocenters. The van der Waals surface area contributed by atoms with Gasteiger partial charge in [0.05, 0.1) is 31.8 Å². The number of aliphatic hydroxyl groups excluding tert-OH is 1. The first-order valence-electron chi connectivity index (χ1n) is 14.2. The molecule has 0 radical (unpaired) electrons. The van der Waals surface area contributed by atoms with E-state index in [1.807, 2.05) is 85.8 Å². The van der Waals surface area contributed by atoms with Crippen LogP contribution >= 0.6 is 12.2 Å². The van der Waals surface area contributed by atoms with Gasteiger partial charge in [0.2, 0.25) is 0 Å². The van der Waals surface area contributed by atoms with E-state index in [1.54, 1.807) is 21.1 Å². The molecule has 9 heteroatoms. The van der Waals surface area contributed by atoms with Crippen LogP contribution in [0.5, 0.6) is 11.5 Å². The van der Waals surface area contributed by atoms with E-state index in [9.17, 15) is 14.7 Å². The monoisotopic (exact) mass is 610 g/mol. The van der Waals surface area contributed by atoms with Crippen LogP contribution in [-0.2, 0) is 10.2 Å². The standard InChI is InChI=1S/C35H34N2O6S/c1-5-13-23-21-37(34(40)36-33(23)39)30-20-25(22(2)44)31(43-30)32(38)35(24-14-7-6-8-15-24,26-16-9-11-18-28(26)41-3)27-17-10-12-19-29(27)42-4/h6-12,14-19,21,25,30-32,38H,20H2,1-4H3,(H,36,39,40)/t25?,30-,31+,32?/m1/s1. The topological polar surface area (TPSA) is 103 Å². The number of H-pyrrole nitrogens is 1. The summed E-state index contributed by atoms with van der Waals surface area (Å²) in [4.78, 5) is 28.3. The van der Waals surface area contributed by atoms with E-state index in [0.29, 0.717) is 33.9 Å². The fourth-order valence-electron chi connectivity index (χ4n) is 6.31. The SMILES string of the molecule is CC#Cc1cn([C@H]2CC(C(C)=S)[C@@H](C(O)C(c3ccccc3)(c3ccccc3OC)c3ccccc3OC)O2)c(=O)[nH]c1=O. The molecule has 0 spiro atoms. The Bertz CT molecular complexity index is 1790. The maximum absolute atomic E-state index is 13.0. The van der Waals surface area contributed by atoms with Crippen molar-refractivity contribution in [1.82, 2.24) is 9.55 Å². The van der Waals surface area contributed by atoms with E-state index in [0.717, 1.165) is 5.56 Å². The molecule has 226 valence electrons. The number of benzene rings is 3. The van der Waals surface area contributed by atoms with Gasteiger partial charge in [-0.2, -0.15) is 0 Å². The number of aromatic nitrogens is 2. The highest BCUT2D eigenvalue weighted by Gasteiger charge is 2.54. The molecule has 0 bridgehead atoms. The van der Waals surface area contributed by atoms with Gasteiger partial charge in [-0.25, -0.2) is 4.79 Å². The summed E-state index contributed by atoms with van der Waals surface area (Å²) in [5.41, 5.74) is -0.194. The van der Waals surface area contributed by atoms with Gasteiger partial charge in [-0.1, -0.05) is 84.9 Å². The van der Waals surface area contributed by atoms with Crippen LogP contribution in [0.4, 0.5) is 0 Å². The third-order valence-electron chi connectivity index (χ3n) is 8.27. The minimum Gasteiger partial charge on any atom is -0.496 e. The number of nitrogens with zero attached hydrogens (tertiary/aromatic N) is 1. The molecule has 4 atom stereocenters. The van der Waals surface area contributed by atoms with Crippen molar-refractivity contribution in [3.63, 3.8) is 0 Å². The summed E-state index contributed by atoms with van der Waals surface area (Å²) < 4.78 is 19.7. The zero-order chi connectivity index (χ0) is 31.4. The Morgan fingerprint density at radius 2 is 1.57 bits per heavy atom. The predicted molar refractivity (Wildman–Crippen MR) is 172 cm³/mol. The number of hydrogen-bond donors (Lipinski definition) is 2. The smallest absolute Gasteiger partial charge is 0.330 e. The molecule has 0 saturated carbocycles. The second kappa shape index (κ2) is 13.0. The van der Waals surface area contributed by atoms with Crippen LogP contribution in [0.2, 0.25) is 0 Å². The molecule has 8 nitrogen and oxygen atoms in total. The van der Waals surface area contributed by atoms with Crippen LogP contribution in [0, 0.1) is 17.8 Å². The molecule has 2 heterocycles. The molecule has 1 fully saturated rings. The Kier molecular flexibility index (Phi) is 9.16. The Balaban J connectivity index is 1.78. The molecular weight excluding hydrogens is 576 g/mol. The van der Waals surface area contributed by atoms with Gasteiger partial charge in [-0.05, 0) is 36.4 Å². The lowest BCUT2D eigenvalue weighted by Gasteiger charge is -2.44. The average molecular weight is 611 g/mol. The molecule has 0 aliphatic carbocycles. The van der Waals surface area contributed by atoms with Gasteiger partial charge in [0, 0.05) is 29.7 Å². The van der Waals surface area contributed by atoms with Gasteiger partial charge >= 0.3 is 5.69 Å². The second-order valence-electron chi connectivity index (χ2n) is 10.6. The minimum absolute atomic E-state index is 0.136. The Labute approximate surface area is 261 Å². The Morgan fingerprint density at radius 1 is 1.00 bits per heavy atom. The first kappa shape index (κ1) is 31.0. The van der Waals surface area contributed by atoms with Crippen molar-refractivity contribution in [3.8, 4) is 23.3 Å². The Morgan fingerprint density at radius 3 is 2.11 bits per heavy atom. The fraction of sp³-hybridized carbons (Fsp3) is 0.286. The van der Waals surface area contributed by atoms with Gasteiger partial charge in [0.25, 0.3) is 5.56 Å². The Hall–Kier alpha value is -4.49. The maximum atomic E-state index is 13.0. The summed E-state index contributed by atoms with van der Waals surface area (Å²) in [5.74, 6) is 6.13. The van der Waals surface area contributed by atoms with Crippen molar-refractivity contribution in [2.24, 2.45) is 5.92 Å². The van der Waals surface area contributed by atoms with E-state index in [4.69, 9.17) is 26.4 Å². The largest absolute Gasteiger partial charge is 0.496 e. The van der Waals surface area contributed by atoms with E-state index in [2.05, 4.69) is 16.8 Å². The number of aromatic amines is 1. The highest BCUT2D eigenvalue weighted by atomic mass is 32.1. The number of nitrogens with one attached hydrogen (secondary N) is 1. The summed E-state index contributed by atoms with van der Waals surface area (Å²) >= 11 is 5.74. The van der Waals surface area contributed by atoms with Crippen molar-refractivity contribution in [2.45, 2.75) is 44.1 Å². The molecule has 5 rings (SSSR count). The zero-order valence-electron chi connectivity index (χ0n) is 24.9. The van der Waals surface area contributed by atoms with Crippen LogP contribution in [-0.4, -0.2) is 45.9 Å². The van der Waals surface area contributed by atoms with E-state index < -0.39 is 41.0 Å². The highest BCUT2D eigenvalue weighted by Crippen LogP contribution is 2.52. The lowest BCUT2D eigenvalue weighted by molar-refractivity contribution is -0.0806. The van der Waals surface area contributed by atoms with Crippen molar-refractivity contribution < 1.29 is 19.3 Å². The van der Waals surface area contributed by atoms with E-state index >= 15 is 0 Å². The summed E-state index contributed by atoms with van der Waals surface area (Å²) in [6.45, 7) is 3.42. The second-order valence-corrected chi connectivity index (χ2v) is 11.3. The summed E-state index contributed by atoms with van der Waals surface area (Å²) in [5, 5.41) is 12.9. The van der Waals surface area contributed by atoms with Gasteiger partial charge < -0.3 is 19.3 Å². The quantitative estimate of drug-likeness (QED) is 0.162. The normalized spacial score (nSPS) is 18.6. The predicted octanol–water partition coefficient (Wildman–Crippen LogP) is 4.61. The summed E-state index contributed by atoms with van der Waals surface area (Å²) in [6, 6.07) is 24.7. The third-order valence-corrected chi connectivity index (χ3v) is 8.58. The van der Waals surface area contributed by atoms with Gasteiger partial charge in [0.1, 0.15) is 23.3 Å². The third kappa shape index (κ3) is 5.37. The molecule has 1 saturated heterocycles. The zero-order valence-corrected chi connectivity index (χ0v) is 25.8. The van der Waals surface area contributed by atoms with Crippen LogP contribution in [0.1, 0.15) is 48.8 Å². The highest BCUT2D eigenvalue weighted by molar-refractivity contribution is 7.80. The number of hydrogen-bond acceptors (Lipinski definition) is 7. The molecule has 2 N–H and O–H groups in total. The number of thiocarbonyl (C=S) groups is 1. The van der Waals surface area contributed by atoms with Gasteiger partial charge in [-0.15, -0.1) is 5.92 Å². The molecular formula is C35H34N2O6S.